The maximum Gasteiger partial charge on any atom is 0.255 e. The summed E-state index contributed by atoms with van der Waals surface area (Å²) in [5, 5.41) is 11.7. The number of nitrogens with one attached hydrogen (secondary N) is 1. The monoisotopic (exact) mass is 323 g/mol. The highest BCUT2D eigenvalue weighted by Crippen LogP contribution is 2.17. The molecular weight excluding hydrogens is 302 g/mol. The van der Waals surface area contributed by atoms with E-state index in [0.29, 0.717) is 12.1 Å². The summed E-state index contributed by atoms with van der Waals surface area (Å²) in [7, 11) is 0. The molecule has 124 valence electrons. The van der Waals surface area contributed by atoms with Crippen molar-refractivity contribution in [2.24, 2.45) is 0 Å². The molecule has 0 unspecified atom stereocenters. The fourth-order valence-electron chi connectivity index (χ4n) is 2.85. The van der Waals surface area contributed by atoms with Crippen molar-refractivity contribution < 1.29 is 4.79 Å². The largest absolute Gasteiger partial charge is 0.346 e. The number of aromatic nitrogens is 4. The Hall–Kier alpha value is -2.89. The molecule has 0 bridgehead atoms. The molecule has 0 saturated carbocycles. The molecule has 3 aromatic rings. The number of amides is 1. The first-order valence-electron chi connectivity index (χ1n) is 8.02. The van der Waals surface area contributed by atoms with Crippen LogP contribution in [-0.2, 0) is 13.1 Å². The van der Waals surface area contributed by atoms with Crippen LogP contribution in [0.2, 0.25) is 0 Å². The Kier molecular flexibility index (Phi) is 4.46. The van der Waals surface area contributed by atoms with Crippen molar-refractivity contribution in [1.82, 2.24) is 24.9 Å². The first kappa shape index (κ1) is 16.0. The zero-order valence-electron chi connectivity index (χ0n) is 14.2. The lowest BCUT2D eigenvalue weighted by atomic mass is 10.2. The molecule has 1 amide bonds. The Morgan fingerprint density at radius 2 is 1.92 bits per heavy atom. The minimum absolute atomic E-state index is 0.115. The van der Waals surface area contributed by atoms with E-state index in [2.05, 4.69) is 15.5 Å². The van der Waals surface area contributed by atoms with Crippen molar-refractivity contribution in [3.8, 4) is 5.69 Å². The fraction of sp³-hybridized carbons (Fsp3) is 0.278. The van der Waals surface area contributed by atoms with E-state index in [1.165, 1.54) is 0 Å². The first-order chi connectivity index (χ1) is 11.6. The van der Waals surface area contributed by atoms with Crippen molar-refractivity contribution >= 4 is 5.91 Å². The van der Waals surface area contributed by atoms with E-state index in [1.807, 2.05) is 61.9 Å². The lowest BCUT2D eigenvalue weighted by molar-refractivity contribution is 0.0948. The molecule has 6 nitrogen and oxygen atoms in total. The normalized spacial score (nSPS) is 10.8. The Morgan fingerprint density at radius 3 is 2.62 bits per heavy atom. The van der Waals surface area contributed by atoms with Gasteiger partial charge < -0.3 is 5.32 Å². The average molecular weight is 323 g/mol. The number of hydrogen-bond acceptors (Lipinski definition) is 3. The van der Waals surface area contributed by atoms with E-state index >= 15 is 0 Å². The molecule has 3 rings (SSSR count). The lowest BCUT2D eigenvalue weighted by Crippen LogP contribution is -2.25. The van der Waals surface area contributed by atoms with Gasteiger partial charge in [0.25, 0.3) is 5.91 Å². The van der Waals surface area contributed by atoms with Gasteiger partial charge in [0.2, 0.25) is 0 Å². The van der Waals surface area contributed by atoms with Crippen LogP contribution >= 0.6 is 0 Å². The van der Waals surface area contributed by atoms with Crippen molar-refractivity contribution in [3.05, 3.63) is 65.2 Å². The highest BCUT2D eigenvalue weighted by atomic mass is 16.1. The van der Waals surface area contributed by atoms with Crippen LogP contribution in [0.3, 0.4) is 0 Å². The van der Waals surface area contributed by atoms with Gasteiger partial charge >= 0.3 is 0 Å². The minimum Gasteiger partial charge on any atom is -0.346 e. The molecule has 6 heteroatoms. The quantitative estimate of drug-likeness (QED) is 0.785. The van der Waals surface area contributed by atoms with Gasteiger partial charge in [-0.05, 0) is 39.0 Å². The van der Waals surface area contributed by atoms with Crippen LogP contribution < -0.4 is 5.32 Å². The summed E-state index contributed by atoms with van der Waals surface area (Å²) in [5.41, 5.74) is 4.11. The van der Waals surface area contributed by atoms with Gasteiger partial charge in [0.05, 0.1) is 34.9 Å². The topological polar surface area (TPSA) is 64.7 Å². The number of carbonyl (C=O) groups is 1. The standard InChI is InChI=1S/C18H21N5O/c1-4-22-16(10-11-20-22)12-19-18(24)17-13(2)21-23(14(17)3)15-8-6-5-7-9-15/h5-11H,4,12H2,1-3H3,(H,19,24). The number of carbonyl (C=O) groups excluding carboxylic acids is 1. The third kappa shape index (κ3) is 2.95. The highest BCUT2D eigenvalue weighted by Gasteiger charge is 2.19. The number of benzene rings is 1. The number of nitrogens with zero attached hydrogens (tertiary/aromatic N) is 4. The van der Waals surface area contributed by atoms with Gasteiger partial charge in [-0.15, -0.1) is 0 Å². The van der Waals surface area contributed by atoms with Crippen LogP contribution in [0.4, 0.5) is 0 Å². The zero-order chi connectivity index (χ0) is 17.1. The van der Waals surface area contributed by atoms with Gasteiger partial charge in [-0.25, -0.2) is 4.68 Å². The van der Waals surface area contributed by atoms with Gasteiger partial charge in [0.15, 0.2) is 0 Å². The Labute approximate surface area is 141 Å². The second-order valence-corrected chi connectivity index (χ2v) is 5.61. The summed E-state index contributed by atoms with van der Waals surface area (Å²) in [6, 6.07) is 11.7. The van der Waals surface area contributed by atoms with Crippen LogP contribution in [0.25, 0.3) is 5.69 Å². The van der Waals surface area contributed by atoms with Gasteiger partial charge in [-0.2, -0.15) is 10.2 Å². The molecule has 2 heterocycles. The molecular formula is C18H21N5O. The third-order valence-electron chi connectivity index (χ3n) is 4.05. The van der Waals surface area contributed by atoms with Gasteiger partial charge in [0, 0.05) is 12.7 Å². The van der Waals surface area contributed by atoms with Crippen LogP contribution in [0.1, 0.15) is 34.4 Å². The highest BCUT2D eigenvalue weighted by molar-refractivity contribution is 5.96. The first-order valence-corrected chi connectivity index (χ1v) is 8.02. The molecule has 1 N–H and O–H groups in total. The number of hydrogen-bond donors (Lipinski definition) is 1. The predicted molar refractivity (Wildman–Crippen MR) is 92.1 cm³/mol. The number of aryl methyl sites for hydroxylation is 2. The summed E-state index contributed by atoms with van der Waals surface area (Å²) in [6.07, 6.45) is 1.74. The van der Waals surface area contributed by atoms with Crippen LogP contribution in [0, 0.1) is 13.8 Å². The average Bonchev–Trinajstić information content (AvgIpc) is 3.17. The minimum atomic E-state index is -0.115. The van der Waals surface area contributed by atoms with Gasteiger partial charge in [0.1, 0.15) is 0 Å². The van der Waals surface area contributed by atoms with Crippen molar-refractivity contribution in [3.63, 3.8) is 0 Å². The third-order valence-corrected chi connectivity index (χ3v) is 4.05. The summed E-state index contributed by atoms with van der Waals surface area (Å²) in [6.45, 7) is 7.02. The maximum absolute atomic E-state index is 12.6. The molecule has 0 spiro atoms. The molecule has 0 atom stereocenters. The summed E-state index contributed by atoms with van der Waals surface area (Å²) < 4.78 is 3.67. The summed E-state index contributed by atoms with van der Waals surface area (Å²) >= 11 is 0. The Balaban J connectivity index is 1.82. The molecule has 0 fully saturated rings. The SMILES string of the molecule is CCn1nccc1CNC(=O)c1c(C)nn(-c2ccccc2)c1C. The van der Waals surface area contributed by atoms with E-state index in [4.69, 9.17) is 0 Å². The van der Waals surface area contributed by atoms with E-state index < -0.39 is 0 Å². The number of para-hydroxylation sites is 1. The van der Waals surface area contributed by atoms with E-state index in [0.717, 1.165) is 29.3 Å². The van der Waals surface area contributed by atoms with Crippen molar-refractivity contribution in [2.75, 3.05) is 0 Å². The Morgan fingerprint density at radius 1 is 1.17 bits per heavy atom. The van der Waals surface area contributed by atoms with Gasteiger partial charge in [-0.1, -0.05) is 18.2 Å². The van der Waals surface area contributed by atoms with E-state index in [-0.39, 0.29) is 5.91 Å². The van der Waals surface area contributed by atoms with Crippen LogP contribution in [0.15, 0.2) is 42.6 Å². The van der Waals surface area contributed by atoms with Crippen molar-refractivity contribution in [1.29, 1.82) is 0 Å². The summed E-state index contributed by atoms with van der Waals surface area (Å²) in [4.78, 5) is 12.6. The van der Waals surface area contributed by atoms with Crippen LogP contribution in [-0.4, -0.2) is 25.5 Å². The smallest absolute Gasteiger partial charge is 0.255 e. The van der Waals surface area contributed by atoms with E-state index in [1.54, 1.807) is 10.9 Å². The maximum atomic E-state index is 12.6. The van der Waals surface area contributed by atoms with Crippen molar-refractivity contribution in [2.45, 2.75) is 33.9 Å². The van der Waals surface area contributed by atoms with E-state index in [9.17, 15) is 4.79 Å². The second-order valence-electron chi connectivity index (χ2n) is 5.61. The Bertz CT molecular complexity index is 848. The molecule has 0 saturated heterocycles. The molecule has 0 aliphatic carbocycles. The fourth-order valence-corrected chi connectivity index (χ4v) is 2.85. The molecule has 24 heavy (non-hydrogen) atoms. The molecule has 2 aromatic heterocycles. The van der Waals surface area contributed by atoms with Crippen LogP contribution in [0.5, 0.6) is 0 Å². The summed E-state index contributed by atoms with van der Waals surface area (Å²) in [5.74, 6) is -0.115. The zero-order valence-corrected chi connectivity index (χ0v) is 14.2. The van der Waals surface area contributed by atoms with Gasteiger partial charge in [-0.3, -0.25) is 9.48 Å². The molecule has 0 radical (unpaired) electrons. The molecule has 0 aliphatic rings. The molecule has 1 aromatic carbocycles. The predicted octanol–water partition coefficient (Wildman–Crippen LogP) is 2.64. The molecule has 0 aliphatic heterocycles. The number of rotatable bonds is 5. The lowest BCUT2D eigenvalue weighted by Gasteiger charge is -2.08. The second kappa shape index (κ2) is 6.70.